The number of benzene rings is 1. The molecular formula is C14H20N2O. The molecule has 2 N–H and O–H groups in total. The molecule has 1 aliphatic heterocycles. The number of ether oxygens (including phenoxy) is 1. The van der Waals surface area contributed by atoms with Crippen molar-refractivity contribution < 1.29 is 4.74 Å². The van der Waals surface area contributed by atoms with E-state index in [1.165, 1.54) is 0 Å². The first kappa shape index (κ1) is 13.2. The van der Waals surface area contributed by atoms with Gasteiger partial charge in [0, 0.05) is 5.69 Å². The van der Waals surface area contributed by atoms with Crippen molar-refractivity contribution in [2.75, 3.05) is 12.4 Å². The fraction of sp³-hybridized carbons (Fsp3) is 0.286. The topological polar surface area (TPSA) is 33.3 Å². The molecule has 0 bridgehead atoms. The van der Waals surface area contributed by atoms with E-state index < -0.39 is 0 Å². The molecule has 0 aromatic heterocycles. The van der Waals surface area contributed by atoms with Gasteiger partial charge in [-0.15, -0.1) is 0 Å². The molecule has 2 rings (SSSR count). The summed E-state index contributed by atoms with van der Waals surface area (Å²) >= 11 is 0. The zero-order chi connectivity index (χ0) is 12.5. The van der Waals surface area contributed by atoms with Crippen molar-refractivity contribution in [1.82, 2.24) is 5.32 Å². The highest BCUT2D eigenvalue weighted by Gasteiger charge is 2.02. The van der Waals surface area contributed by atoms with Crippen molar-refractivity contribution in [3.63, 3.8) is 0 Å². The van der Waals surface area contributed by atoms with Crippen molar-refractivity contribution in [3.8, 4) is 5.75 Å². The van der Waals surface area contributed by atoms with Crippen LogP contribution in [0.3, 0.4) is 0 Å². The zero-order valence-corrected chi connectivity index (χ0v) is 10.6. The van der Waals surface area contributed by atoms with E-state index in [-0.39, 0.29) is 6.17 Å². The third-order valence-corrected chi connectivity index (χ3v) is 2.20. The van der Waals surface area contributed by atoms with Gasteiger partial charge in [0.1, 0.15) is 11.9 Å². The normalized spacial score (nSPS) is 16.5. The molecule has 0 aliphatic carbocycles. The molecule has 0 spiro atoms. The van der Waals surface area contributed by atoms with Gasteiger partial charge in [-0.2, -0.15) is 0 Å². The summed E-state index contributed by atoms with van der Waals surface area (Å²) in [6, 6.07) is 7.86. The van der Waals surface area contributed by atoms with Crippen LogP contribution in [-0.2, 0) is 0 Å². The molecule has 1 unspecified atom stereocenters. The summed E-state index contributed by atoms with van der Waals surface area (Å²) in [4.78, 5) is 0. The van der Waals surface area contributed by atoms with Crippen LogP contribution in [0.1, 0.15) is 13.8 Å². The standard InChI is InChI=1S/C12H14N2O.C2H6/c1-15-11-7-5-10(6-8-11)14-12-4-2-3-9-13-12;1-2/h2-9,12-14H,1H3;1-2H3. The van der Waals surface area contributed by atoms with E-state index in [1.807, 2.05) is 56.5 Å². The molecule has 3 heteroatoms. The van der Waals surface area contributed by atoms with Crippen LogP contribution in [0.25, 0.3) is 0 Å². The minimum Gasteiger partial charge on any atom is -0.497 e. The second kappa shape index (κ2) is 7.39. The number of hydrogen-bond acceptors (Lipinski definition) is 3. The van der Waals surface area contributed by atoms with Gasteiger partial charge in [0.15, 0.2) is 0 Å². The van der Waals surface area contributed by atoms with Gasteiger partial charge in [-0.1, -0.05) is 19.9 Å². The van der Waals surface area contributed by atoms with Crippen molar-refractivity contribution in [2.24, 2.45) is 0 Å². The maximum absolute atomic E-state index is 5.09. The largest absolute Gasteiger partial charge is 0.497 e. The van der Waals surface area contributed by atoms with E-state index in [4.69, 9.17) is 4.74 Å². The van der Waals surface area contributed by atoms with Crippen molar-refractivity contribution in [1.29, 1.82) is 0 Å². The summed E-state index contributed by atoms with van der Waals surface area (Å²) in [5, 5.41) is 6.51. The number of dihydropyridines is 1. The van der Waals surface area contributed by atoms with Crippen LogP contribution in [0.15, 0.2) is 48.7 Å². The Morgan fingerprint density at radius 3 is 2.35 bits per heavy atom. The Balaban J connectivity index is 0.000000686. The lowest BCUT2D eigenvalue weighted by atomic mass is 10.2. The average molecular weight is 232 g/mol. The summed E-state index contributed by atoms with van der Waals surface area (Å²) in [6.45, 7) is 4.00. The molecule has 1 aromatic rings. The summed E-state index contributed by atoms with van der Waals surface area (Å²) in [7, 11) is 1.67. The van der Waals surface area contributed by atoms with Crippen LogP contribution in [0.2, 0.25) is 0 Å². The molecule has 0 saturated carbocycles. The number of hydrogen-bond donors (Lipinski definition) is 2. The fourth-order valence-corrected chi connectivity index (χ4v) is 1.40. The Morgan fingerprint density at radius 2 is 1.82 bits per heavy atom. The Kier molecular flexibility index (Phi) is 5.72. The van der Waals surface area contributed by atoms with E-state index >= 15 is 0 Å². The summed E-state index contributed by atoms with van der Waals surface area (Å²) in [5.41, 5.74) is 1.06. The SMILES string of the molecule is CC.COc1ccc(NC2C=CC=CN2)cc1. The average Bonchev–Trinajstić information content (AvgIpc) is 2.43. The van der Waals surface area contributed by atoms with E-state index in [9.17, 15) is 0 Å². The molecule has 17 heavy (non-hydrogen) atoms. The van der Waals surface area contributed by atoms with Gasteiger partial charge in [0.25, 0.3) is 0 Å². The zero-order valence-electron chi connectivity index (χ0n) is 10.6. The Labute approximate surface area is 103 Å². The fourth-order valence-electron chi connectivity index (χ4n) is 1.40. The molecule has 1 aliphatic rings. The van der Waals surface area contributed by atoms with Crippen LogP contribution in [0, 0.1) is 0 Å². The number of rotatable bonds is 3. The lowest BCUT2D eigenvalue weighted by Crippen LogP contribution is -2.31. The van der Waals surface area contributed by atoms with Gasteiger partial charge < -0.3 is 15.4 Å². The van der Waals surface area contributed by atoms with Gasteiger partial charge in [0.2, 0.25) is 0 Å². The molecule has 92 valence electrons. The summed E-state index contributed by atoms with van der Waals surface area (Å²) < 4.78 is 5.09. The highest BCUT2D eigenvalue weighted by atomic mass is 16.5. The first-order chi connectivity index (χ1) is 8.38. The van der Waals surface area contributed by atoms with E-state index in [0.717, 1.165) is 11.4 Å². The van der Waals surface area contributed by atoms with Crippen LogP contribution < -0.4 is 15.4 Å². The van der Waals surface area contributed by atoms with Crippen molar-refractivity contribution in [2.45, 2.75) is 20.0 Å². The quantitative estimate of drug-likeness (QED) is 0.840. The third kappa shape index (κ3) is 4.23. The lowest BCUT2D eigenvalue weighted by molar-refractivity contribution is 0.415. The number of methoxy groups -OCH3 is 1. The van der Waals surface area contributed by atoms with E-state index in [2.05, 4.69) is 16.7 Å². The van der Waals surface area contributed by atoms with Gasteiger partial charge in [0.05, 0.1) is 7.11 Å². The summed E-state index contributed by atoms with van der Waals surface area (Å²) in [5.74, 6) is 0.868. The molecule has 0 fully saturated rings. The first-order valence-corrected chi connectivity index (χ1v) is 5.88. The lowest BCUT2D eigenvalue weighted by Gasteiger charge is -2.18. The number of allylic oxidation sites excluding steroid dienone is 2. The van der Waals surface area contributed by atoms with Crippen molar-refractivity contribution in [3.05, 3.63) is 48.7 Å². The van der Waals surface area contributed by atoms with Crippen LogP contribution in [0.5, 0.6) is 5.75 Å². The third-order valence-electron chi connectivity index (χ3n) is 2.20. The first-order valence-electron chi connectivity index (χ1n) is 5.88. The summed E-state index contributed by atoms with van der Waals surface area (Å²) in [6.07, 6.45) is 8.11. The van der Waals surface area contributed by atoms with E-state index in [0.29, 0.717) is 0 Å². The van der Waals surface area contributed by atoms with Crippen LogP contribution in [-0.4, -0.2) is 13.3 Å². The van der Waals surface area contributed by atoms with Crippen LogP contribution in [0.4, 0.5) is 5.69 Å². The molecular weight excluding hydrogens is 212 g/mol. The molecule has 1 heterocycles. The molecule has 3 nitrogen and oxygen atoms in total. The highest BCUT2D eigenvalue weighted by Crippen LogP contribution is 2.15. The minimum atomic E-state index is 0.156. The van der Waals surface area contributed by atoms with Crippen molar-refractivity contribution >= 4 is 5.69 Å². The number of anilines is 1. The monoisotopic (exact) mass is 232 g/mol. The van der Waals surface area contributed by atoms with Gasteiger partial charge in [-0.3, -0.25) is 0 Å². The molecule has 1 atom stereocenters. The van der Waals surface area contributed by atoms with Crippen LogP contribution >= 0.6 is 0 Å². The maximum Gasteiger partial charge on any atom is 0.119 e. The molecule has 0 radical (unpaired) electrons. The Hall–Kier alpha value is -1.90. The minimum absolute atomic E-state index is 0.156. The molecule has 0 amide bonds. The van der Waals surface area contributed by atoms with Gasteiger partial charge in [-0.25, -0.2) is 0 Å². The predicted molar refractivity (Wildman–Crippen MR) is 73.2 cm³/mol. The highest BCUT2D eigenvalue weighted by molar-refractivity contribution is 5.48. The van der Waals surface area contributed by atoms with Gasteiger partial charge in [-0.05, 0) is 42.6 Å². The predicted octanol–water partition coefficient (Wildman–Crippen LogP) is 3.13. The maximum atomic E-state index is 5.09. The smallest absolute Gasteiger partial charge is 0.119 e. The Morgan fingerprint density at radius 1 is 1.12 bits per heavy atom. The second-order valence-electron chi connectivity index (χ2n) is 3.26. The molecule has 0 saturated heterocycles. The Bertz CT molecular complexity index is 368. The number of nitrogens with one attached hydrogen (secondary N) is 2. The van der Waals surface area contributed by atoms with E-state index in [1.54, 1.807) is 7.11 Å². The molecule has 1 aromatic carbocycles. The second-order valence-corrected chi connectivity index (χ2v) is 3.26. The van der Waals surface area contributed by atoms with Gasteiger partial charge >= 0.3 is 0 Å².